The van der Waals surface area contributed by atoms with Gasteiger partial charge in [-0.3, -0.25) is 4.98 Å². The lowest BCUT2D eigenvalue weighted by molar-refractivity contribution is 0.0521. The van der Waals surface area contributed by atoms with Crippen LogP contribution in [0, 0.1) is 0 Å². The number of carbonyl (C=O) groups excluding carboxylic acids is 1. The van der Waals surface area contributed by atoms with E-state index >= 15 is 0 Å². The van der Waals surface area contributed by atoms with E-state index in [0.29, 0.717) is 18.8 Å². The monoisotopic (exact) mass is 277 g/mol. The minimum Gasteiger partial charge on any atom is -0.461 e. The number of ether oxygens (including phenoxy) is 1. The summed E-state index contributed by atoms with van der Waals surface area (Å²) in [5, 5.41) is 3.94. The van der Waals surface area contributed by atoms with E-state index in [1.165, 1.54) is 11.3 Å². The number of rotatable bonds is 6. The number of pyridine rings is 1. The molecule has 2 heterocycles. The Balaban J connectivity index is 1.90. The maximum atomic E-state index is 11.6. The van der Waals surface area contributed by atoms with Gasteiger partial charge in [-0.05, 0) is 19.1 Å². The first kappa shape index (κ1) is 13.5. The third kappa shape index (κ3) is 3.75. The van der Waals surface area contributed by atoms with Gasteiger partial charge in [0, 0.05) is 24.9 Å². The van der Waals surface area contributed by atoms with Gasteiger partial charge in [-0.25, -0.2) is 9.78 Å². The average Bonchev–Trinajstić information content (AvgIpc) is 2.89. The Bertz CT molecular complexity index is 528. The van der Waals surface area contributed by atoms with Crippen LogP contribution in [-0.2, 0) is 11.2 Å². The number of carbonyl (C=O) groups is 1. The highest BCUT2D eigenvalue weighted by molar-refractivity contribution is 7.14. The third-order valence-electron chi connectivity index (χ3n) is 2.43. The van der Waals surface area contributed by atoms with E-state index < -0.39 is 0 Å². The Labute approximate surface area is 115 Å². The van der Waals surface area contributed by atoms with Crippen LogP contribution < -0.4 is 5.32 Å². The quantitative estimate of drug-likeness (QED) is 0.821. The highest BCUT2D eigenvalue weighted by Crippen LogP contribution is 2.20. The average molecular weight is 277 g/mol. The van der Waals surface area contributed by atoms with Crippen LogP contribution >= 0.6 is 11.3 Å². The normalized spacial score (nSPS) is 10.2. The molecule has 0 aliphatic heterocycles. The van der Waals surface area contributed by atoms with Crippen molar-refractivity contribution in [2.24, 2.45) is 0 Å². The summed E-state index contributed by atoms with van der Waals surface area (Å²) < 4.78 is 4.94. The number of nitrogens with zero attached hydrogens (tertiary/aromatic N) is 2. The summed E-state index contributed by atoms with van der Waals surface area (Å²) >= 11 is 1.40. The molecule has 100 valence electrons. The van der Waals surface area contributed by atoms with Crippen molar-refractivity contribution < 1.29 is 9.53 Å². The molecule has 1 N–H and O–H groups in total. The lowest BCUT2D eigenvalue weighted by Crippen LogP contribution is -2.11. The van der Waals surface area contributed by atoms with Gasteiger partial charge in [0.25, 0.3) is 0 Å². The van der Waals surface area contributed by atoms with Gasteiger partial charge < -0.3 is 10.1 Å². The molecule has 0 spiro atoms. The summed E-state index contributed by atoms with van der Waals surface area (Å²) in [5.41, 5.74) is 3.00. The van der Waals surface area contributed by atoms with E-state index in [-0.39, 0.29) is 5.97 Å². The summed E-state index contributed by atoms with van der Waals surface area (Å²) in [5.74, 6) is -0.385. The van der Waals surface area contributed by atoms with E-state index in [0.717, 1.165) is 17.1 Å². The minimum absolute atomic E-state index is 0.351. The van der Waals surface area contributed by atoms with E-state index in [1.807, 2.05) is 18.2 Å². The maximum Gasteiger partial charge on any atom is 0.360 e. The molecular weight excluding hydrogens is 262 g/mol. The second-order valence-corrected chi connectivity index (χ2v) is 4.60. The molecule has 0 unspecified atom stereocenters. The second kappa shape index (κ2) is 6.84. The van der Waals surface area contributed by atoms with Gasteiger partial charge in [0.15, 0.2) is 5.69 Å². The van der Waals surface area contributed by atoms with Crippen LogP contribution in [-0.4, -0.2) is 29.1 Å². The Morgan fingerprint density at radius 3 is 3.05 bits per heavy atom. The zero-order valence-electron chi connectivity index (χ0n) is 10.6. The fraction of sp³-hybridized carbons (Fsp3) is 0.308. The molecule has 0 saturated carbocycles. The second-order valence-electron chi connectivity index (χ2n) is 3.75. The standard InChI is InChI=1S/C13H15N3O2S/c1-2-18-13(17)11-12(19-9-16-11)15-8-6-10-5-3-4-7-14-10/h3-5,7,9,15H,2,6,8H2,1H3. The van der Waals surface area contributed by atoms with E-state index in [9.17, 15) is 4.79 Å². The van der Waals surface area contributed by atoms with Crippen molar-refractivity contribution in [1.82, 2.24) is 9.97 Å². The molecule has 2 aromatic heterocycles. The molecule has 0 aliphatic rings. The van der Waals surface area contributed by atoms with Crippen LogP contribution in [0.5, 0.6) is 0 Å². The van der Waals surface area contributed by atoms with Crippen LogP contribution in [0.4, 0.5) is 5.00 Å². The lowest BCUT2D eigenvalue weighted by Gasteiger charge is -2.05. The zero-order chi connectivity index (χ0) is 13.5. The summed E-state index contributed by atoms with van der Waals surface area (Å²) in [6.45, 7) is 2.83. The number of aromatic nitrogens is 2. The molecule has 0 aliphatic carbocycles. The Morgan fingerprint density at radius 1 is 1.42 bits per heavy atom. The Kier molecular flexibility index (Phi) is 4.85. The van der Waals surface area contributed by atoms with E-state index in [2.05, 4.69) is 15.3 Å². The van der Waals surface area contributed by atoms with Gasteiger partial charge >= 0.3 is 5.97 Å². The van der Waals surface area contributed by atoms with Crippen molar-refractivity contribution in [2.75, 3.05) is 18.5 Å². The summed E-state index contributed by atoms with van der Waals surface area (Å²) in [6, 6.07) is 5.82. The predicted octanol–water partition coefficient (Wildman–Crippen LogP) is 2.37. The predicted molar refractivity (Wildman–Crippen MR) is 74.5 cm³/mol. The van der Waals surface area contributed by atoms with Gasteiger partial charge in [-0.15, -0.1) is 11.3 Å². The first-order valence-corrected chi connectivity index (χ1v) is 6.93. The molecule has 19 heavy (non-hydrogen) atoms. The molecule has 0 saturated heterocycles. The molecule has 0 aromatic carbocycles. The summed E-state index contributed by atoms with van der Waals surface area (Å²) in [6.07, 6.45) is 2.56. The summed E-state index contributed by atoms with van der Waals surface area (Å²) in [4.78, 5) is 19.9. The third-order valence-corrected chi connectivity index (χ3v) is 3.21. The molecule has 0 bridgehead atoms. The zero-order valence-corrected chi connectivity index (χ0v) is 11.4. The van der Waals surface area contributed by atoms with Crippen molar-refractivity contribution in [2.45, 2.75) is 13.3 Å². The smallest absolute Gasteiger partial charge is 0.360 e. The molecule has 2 aromatic rings. The Hall–Kier alpha value is -1.95. The van der Waals surface area contributed by atoms with Crippen molar-refractivity contribution in [3.8, 4) is 0 Å². The van der Waals surface area contributed by atoms with Crippen molar-refractivity contribution in [3.05, 3.63) is 41.3 Å². The van der Waals surface area contributed by atoms with Crippen LogP contribution in [0.15, 0.2) is 29.9 Å². The van der Waals surface area contributed by atoms with Gasteiger partial charge in [0.1, 0.15) is 5.00 Å². The number of thiazole rings is 1. The number of anilines is 1. The molecular formula is C13H15N3O2S. The number of hydrogen-bond acceptors (Lipinski definition) is 6. The highest BCUT2D eigenvalue weighted by atomic mass is 32.1. The van der Waals surface area contributed by atoms with Crippen molar-refractivity contribution >= 4 is 22.3 Å². The Morgan fingerprint density at radius 2 is 2.32 bits per heavy atom. The van der Waals surface area contributed by atoms with Crippen LogP contribution in [0.3, 0.4) is 0 Å². The fourth-order valence-corrected chi connectivity index (χ4v) is 2.26. The van der Waals surface area contributed by atoms with Crippen LogP contribution in [0.25, 0.3) is 0 Å². The van der Waals surface area contributed by atoms with Crippen LogP contribution in [0.1, 0.15) is 23.1 Å². The maximum absolute atomic E-state index is 11.6. The van der Waals surface area contributed by atoms with Crippen LogP contribution in [0.2, 0.25) is 0 Å². The van der Waals surface area contributed by atoms with Gasteiger partial charge in [-0.1, -0.05) is 6.07 Å². The molecule has 5 nitrogen and oxygen atoms in total. The molecule has 6 heteroatoms. The first-order chi connectivity index (χ1) is 9.31. The van der Waals surface area contributed by atoms with Gasteiger partial charge in [0.2, 0.25) is 0 Å². The topological polar surface area (TPSA) is 64.1 Å². The van der Waals surface area contributed by atoms with Crippen molar-refractivity contribution in [3.63, 3.8) is 0 Å². The molecule has 0 amide bonds. The largest absolute Gasteiger partial charge is 0.461 e. The van der Waals surface area contributed by atoms with Gasteiger partial charge in [0.05, 0.1) is 12.1 Å². The fourth-order valence-electron chi connectivity index (χ4n) is 1.57. The van der Waals surface area contributed by atoms with Crippen molar-refractivity contribution in [1.29, 1.82) is 0 Å². The lowest BCUT2D eigenvalue weighted by atomic mass is 10.3. The summed E-state index contributed by atoms with van der Waals surface area (Å²) in [7, 11) is 0. The highest BCUT2D eigenvalue weighted by Gasteiger charge is 2.15. The SMILES string of the molecule is CCOC(=O)c1ncsc1NCCc1ccccn1. The molecule has 0 radical (unpaired) electrons. The number of nitrogens with one attached hydrogen (secondary N) is 1. The molecule has 0 fully saturated rings. The first-order valence-electron chi connectivity index (χ1n) is 6.05. The number of esters is 1. The molecule has 2 rings (SSSR count). The van der Waals surface area contributed by atoms with E-state index in [1.54, 1.807) is 18.6 Å². The molecule has 0 atom stereocenters. The van der Waals surface area contributed by atoms with E-state index in [4.69, 9.17) is 4.74 Å². The number of hydrogen-bond donors (Lipinski definition) is 1. The minimum atomic E-state index is -0.385. The van der Waals surface area contributed by atoms with Gasteiger partial charge in [-0.2, -0.15) is 0 Å².